The SMILES string of the molecule is O=C(NCCCN1CCCC1=O)Nc1cc(O)cc(O)c1. The smallest absolute Gasteiger partial charge is 0.319 e. The van der Waals surface area contributed by atoms with Crippen LogP contribution in [0.4, 0.5) is 10.5 Å². The van der Waals surface area contributed by atoms with E-state index in [0.29, 0.717) is 31.6 Å². The first kappa shape index (κ1) is 15.0. The summed E-state index contributed by atoms with van der Waals surface area (Å²) in [4.78, 5) is 24.8. The zero-order chi connectivity index (χ0) is 15.2. The number of hydrogen-bond acceptors (Lipinski definition) is 4. The number of rotatable bonds is 5. The molecule has 0 radical (unpaired) electrons. The van der Waals surface area contributed by atoms with Crippen molar-refractivity contribution in [1.29, 1.82) is 0 Å². The van der Waals surface area contributed by atoms with Crippen LogP contribution in [0.2, 0.25) is 0 Å². The second-order valence-corrected chi connectivity index (χ2v) is 4.96. The molecule has 2 rings (SSSR count). The number of likely N-dealkylation sites (tertiary alicyclic amines) is 1. The monoisotopic (exact) mass is 293 g/mol. The number of phenols is 2. The molecule has 3 amide bonds. The first-order valence-electron chi connectivity index (χ1n) is 6.90. The lowest BCUT2D eigenvalue weighted by atomic mass is 10.3. The summed E-state index contributed by atoms with van der Waals surface area (Å²) in [5.74, 6) is -0.0784. The van der Waals surface area contributed by atoms with Crippen LogP contribution in [0.3, 0.4) is 0 Å². The standard InChI is InChI=1S/C14H19N3O4/c18-11-7-10(8-12(19)9-11)16-14(21)15-4-2-6-17-5-1-3-13(17)20/h7-9,18-19H,1-6H2,(H2,15,16,21). The largest absolute Gasteiger partial charge is 0.508 e. The zero-order valence-corrected chi connectivity index (χ0v) is 11.6. The van der Waals surface area contributed by atoms with Crippen molar-refractivity contribution < 1.29 is 19.8 Å². The second-order valence-electron chi connectivity index (χ2n) is 4.96. The molecule has 0 saturated carbocycles. The van der Waals surface area contributed by atoms with E-state index in [1.165, 1.54) is 18.2 Å². The van der Waals surface area contributed by atoms with Crippen molar-refractivity contribution in [3.63, 3.8) is 0 Å². The van der Waals surface area contributed by atoms with Gasteiger partial charge in [-0.1, -0.05) is 0 Å². The molecule has 1 aliphatic heterocycles. The Hall–Kier alpha value is -2.44. The summed E-state index contributed by atoms with van der Waals surface area (Å²) in [7, 11) is 0. The summed E-state index contributed by atoms with van der Waals surface area (Å²) in [5.41, 5.74) is 0.305. The molecule has 4 N–H and O–H groups in total. The fourth-order valence-electron chi connectivity index (χ4n) is 2.25. The topological polar surface area (TPSA) is 102 Å². The minimum atomic E-state index is -0.423. The number of urea groups is 1. The van der Waals surface area contributed by atoms with E-state index in [2.05, 4.69) is 10.6 Å². The Kier molecular flexibility index (Phi) is 4.86. The lowest BCUT2D eigenvalue weighted by Crippen LogP contribution is -2.32. The molecule has 0 atom stereocenters. The Bertz CT molecular complexity index is 513. The van der Waals surface area contributed by atoms with Crippen LogP contribution in [-0.4, -0.2) is 46.7 Å². The van der Waals surface area contributed by atoms with E-state index in [0.717, 1.165) is 13.0 Å². The minimum Gasteiger partial charge on any atom is -0.508 e. The number of carbonyl (C=O) groups is 2. The number of amides is 3. The molecule has 1 aliphatic rings. The molecule has 1 aromatic carbocycles. The predicted molar refractivity (Wildman–Crippen MR) is 77.2 cm³/mol. The maximum Gasteiger partial charge on any atom is 0.319 e. The van der Waals surface area contributed by atoms with Gasteiger partial charge < -0.3 is 25.7 Å². The van der Waals surface area contributed by atoms with E-state index >= 15 is 0 Å². The van der Waals surface area contributed by atoms with Crippen LogP contribution in [-0.2, 0) is 4.79 Å². The van der Waals surface area contributed by atoms with Gasteiger partial charge >= 0.3 is 6.03 Å². The molecular weight excluding hydrogens is 274 g/mol. The Morgan fingerprint density at radius 2 is 1.95 bits per heavy atom. The number of hydrogen-bond donors (Lipinski definition) is 4. The van der Waals surface area contributed by atoms with Crippen LogP contribution in [0.25, 0.3) is 0 Å². The van der Waals surface area contributed by atoms with Crippen molar-refractivity contribution in [2.75, 3.05) is 25.0 Å². The minimum absolute atomic E-state index is 0.127. The summed E-state index contributed by atoms with van der Waals surface area (Å²) in [6.45, 7) is 1.89. The molecule has 1 heterocycles. The summed E-state index contributed by atoms with van der Waals surface area (Å²) in [5, 5.41) is 23.8. The maximum atomic E-state index is 11.6. The third-order valence-electron chi connectivity index (χ3n) is 3.22. The van der Waals surface area contributed by atoms with Gasteiger partial charge in [0.15, 0.2) is 0 Å². The highest BCUT2D eigenvalue weighted by Gasteiger charge is 2.18. The third-order valence-corrected chi connectivity index (χ3v) is 3.22. The maximum absolute atomic E-state index is 11.6. The number of benzene rings is 1. The molecule has 0 unspecified atom stereocenters. The lowest BCUT2D eigenvalue weighted by molar-refractivity contribution is -0.127. The van der Waals surface area contributed by atoms with E-state index in [-0.39, 0.29) is 17.4 Å². The van der Waals surface area contributed by atoms with Gasteiger partial charge in [0.05, 0.1) is 0 Å². The number of nitrogens with zero attached hydrogens (tertiary/aromatic N) is 1. The molecule has 114 valence electrons. The van der Waals surface area contributed by atoms with Crippen molar-refractivity contribution in [2.24, 2.45) is 0 Å². The molecule has 7 nitrogen and oxygen atoms in total. The summed E-state index contributed by atoms with van der Waals surface area (Å²) < 4.78 is 0. The average Bonchev–Trinajstić information content (AvgIpc) is 2.79. The molecule has 0 bridgehead atoms. The Labute approximate surface area is 122 Å². The van der Waals surface area contributed by atoms with Crippen molar-refractivity contribution in [3.8, 4) is 11.5 Å². The van der Waals surface area contributed by atoms with E-state index in [9.17, 15) is 19.8 Å². The van der Waals surface area contributed by atoms with Crippen LogP contribution >= 0.6 is 0 Å². The van der Waals surface area contributed by atoms with Crippen LogP contribution in [0.5, 0.6) is 11.5 Å². The van der Waals surface area contributed by atoms with Gasteiger partial charge in [-0.25, -0.2) is 4.79 Å². The Morgan fingerprint density at radius 1 is 1.24 bits per heavy atom. The van der Waals surface area contributed by atoms with E-state index < -0.39 is 6.03 Å². The number of aromatic hydroxyl groups is 2. The first-order chi connectivity index (χ1) is 10.0. The van der Waals surface area contributed by atoms with Gasteiger partial charge in [-0.3, -0.25) is 4.79 Å². The molecule has 0 spiro atoms. The summed E-state index contributed by atoms with van der Waals surface area (Å²) in [6, 6.07) is 3.42. The Balaban J connectivity index is 1.68. The highest BCUT2D eigenvalue weighted by Crippen LogP contribution is 2.23. The molecule has 1 fully saturated rings. The number of anilines is 1. The van der Waals surface area contributed by atoms with Gasteiger partial charge in [0, 0.05) is 49.9 Å². The lowest BCUT2D eigenvalue weighted by Gasteiger charge is -2.15. The molecule has 0 aliphatic carbocycles. The fourth-order valence-corrected chi connectivity index (χ4v) is 2.25. The van der Waals surface area contributed by atoms with Gasteiger partial charge in [-0.2, -0.15) is 0 Å². The highest BCUT2D eigenvalue weighted by molar-refractivity contribution is 5.89. The molecule has 21 heavy (non-hydrogen) atoms. The van der Waals surface area contributed by atoms with Crippen molar-refractivity contribution in [2.45, 2.75) is 19.3 Å². The van der Waals surface area contributed by atoms with Crippen molar-refractivity contribution in [3.05, 3.63) is 18.2 Å². The average molecular weight is 293 g/mol. The normalized spacial score (nSPS) is 14.3. The Morgan fingerprint density at radius 3 is 2.57 bits per heavy atom. The highest BCUT2D eigenvalue weighted by atomic mass is 16.3. The van der Waals surface area contributed by atoms with Gasteiger partial charge in [0.2, 0.25) is 5.91 Å². The van der Waals surface area contributed by atoms with Crippen LogP contribution in [0.15, 0.2) is 18.2 Å². The van der Waals surface area contributed by atoms with E-state index in [1.807, 2.05) is 0 Å². The number of nitrogens with one attached hydrogen (secondary N) is 2. The summed E-state index contributed by atoms with van der Waals surface area (Å²) in [6.07, 6.45) is 2.22. The summed E-state index contributed by atoms with van der Waals surface area (Å²) >= 11 is 0. The predicted octanol–water partition coefficient (Wildman–Crippen LogP) is 1.23. The number of carbonyl (C=O) groups excluding carboxylic acids is 2. The molecule has 1 saturated heterocycles. The van der Waals surface area contributed by atoms with Crippen molar-refractivity contribution in [1.82, 2.24) is 10.2 Å². The molecule has 7 heteroatoms. The van der Waals surface area contributed by atoms with E-state index in [1.54, 1.807) is 4.90 Å². The van der Waals surface area contributed by atoms with Crippen LogP contribution in [0.1, 0.15) is 19.3 Å². The number of phenolic OH excluding ortho intramolecular Hbond substituents is 2. The van der Waals surface area contributed by atoms with E-state index in [4.69, 9.17) is 0 Å². The third kappa shape index (κ3) is 4.55. The van der Waals surface area contributed by atoms with Gasteiger partial charge in [-0.05, 0) is 12.8 Å². The van der Waals surface area contributed by atoms with Gasteiger partial charge in [0.25, 0.3) is 0 Å². The van der Waals surface area contributed by atoms with Crippen LogP contribution < -0.4 is 10.6 Å². The van der Waals surface area contributed by atoms with Gasteiger partial charge in [0.1, 0.15) is 11.5 Å². The fraction of sp³-hybridized carbons (Fsp3) is 0.429. The molecule has 0 aromatic heterocycles. The molecule has 1 aromatic rings. The molecular formula is C14H19N3O4. The zero-order valence-electron chi connectivity index (χ0n) is 11.6. The quantitative estimate of drug-likeness (QED) is 0.613. The second kappa shape index (κ2) is 6.83. The van der Waals surface area contributed by atoms with Crippen molar-refractivity contribution >= 4 is 17.6 Å². The van der Waals surface area contributed by atoms with Crippen LogP contribution in [0, 0.1) is 0 Å². The van der Waals surface area contributed by atoms with Gasteiger partial charge in [-0.15, -0.1) is 0 Å². The first-order valence-corrected chi connectivity index (χ1v) is 6.90.